The number of hydrazone groups is 1. The second-order valence-corrected chi connectivity index (χ2v) is 7.77. The first-order valence-corrected chi connectivity index (χ1v) is 10.1. The van der Waals surface area contributed by atoms with Crippen LogP contribution in [0.3, 0.4) is 0 Å². The van der Waals surface area contributed by atoms with Crippen LogP contribution in [0, 0.1) is 6.92 Å². The molecule has 30 heavy (non-hydrogen) atoms. The number of carbonyl (C=O) groups excluding carboxylic acids is 2. The van der Waals surface area contributed by atoms with Gasteiger partial charge in [0.15, 0.2) is 6.61 Å². The molecule has 1 aliphatic heterocycles. The van der Waals surface area contributed by atoms with Crippen molar-refractivity contribution in [2.75, 3.05) is 6.61 Å². The Kier molecular flexibility index (Phi) is 5.76. The predicted octanol–water partition coefficient (Wildman–Crippen LogP) is 4.28. The SMILES string of the molecule is Cc1ccc(C2=NN(C(=O)COC(=O)c3cncc(Br)c3)C(c3ccco3)C2)cc1. The first-order chi connectivity index (χ1) is 14.5. The molecular weight excluding hydrogens is 450 g/mol. The highest BCUT2D eigenvalue weighted by Gasteiger charge is 2.35. The van der Waals surface area contributed by atoms with Gasteiger partial charge in [-0.05, 0) is 46.6 Å². The van der Waals surface area contributed by atoms with Gasteiger partial charge in [0.1, 0.15) is 11.8 Å². The van der Waals surface area contributed by atoms with Gasteiger partial charge in [0, 0.05) is 23.3 Å². The lowest BCUT2D eigenvalue weighted by Gasteiger charge is -2.19. The molecular formula is C22H18BrN3O4. The van der Waals surface area contributed by atoms with E-state index in [9.17, 15) is 9.59 Å². The molecule has 3 aromatic rings. The summed E-state index contributed by atoms with van der Waals surface area (Å²) in [6.07, 6.45) is 5.00. The molecule has 152 valence electrons. The number of aryl methyl sites for hydroxylation is 1. The van der Waals surface area contributed by atoms with Gasteiger partial charge >= 0.3 is 5.97 Å². The predicted molar refractivity (Wildman–Crippen MR) is 113 cm³/mol. The molecule has 3 heterocycles. The van der Waals surface area contributed by atoms with Crippen LogP contribution in [0.15, 0.2) is 75.1 Å². The average Bonchev–Trinajstić information content (AvgIpc) is 3.42. The molecule has 0 spiro atoms. The van der Waals surface area contributed by atoms with Gasteiger partial charge in [0.25, 0.3) is 5.91 Å². The summed E-state index contributed by atoms with van der Waals surface area (Å²) in [6.45, 7) is 1.57. The number of halogens is 1. The van der Waals surface area contributed by atoms with E-state index >= 15 is 0 Å². The minimum Gasteiger partial charge on any atom is -0.467 e. The Balaban J connectivity index is 1.51. The zero-order valence-electron chi connectivity index (χ0n) is 16.1. The third kappa shape index (κ3) is 4.33. The number of aromatic nitrogens is 1. The van der Waals surface area contributed by atoms with Crippen LogP contribution in [-0.4, -0.2) is 34.2 Å². The van der Waals surface area contributed by atoms with Crippen LogP contribution in [0.1, 0.15) is 39.7 Å². The number of rotatable bonds is 5. The van der Waals surface area contributed by atoms with Crippen molar-refractivity contribution in [3.8, 4) is 0 Å². The van der Waals surface area contributed by atoms with Crippen LogP contribution in [-0.2, 0) is 9.53 Å². The average molecular weight is 468 g/mol. The van der Waals surface area contributed by atoms with Crippen LogP contribution in [0.5, 0.6) is 0 Å². The van der Waals surface area contributed by atoms with E-state index in [2.05, 4.69) is 26.0 Å². The number of carbonyl (C=O) groups is 2. The summed E-state index contributed by atoms with van der Waals surface area (Å²) in [6, 6.07) is 12.7. The normalized spacial score (nSPS) is 15.7. The third-order valence-electron chi connectivity index (χ3n) is 4.69. The van der Waals surface area contributed by atoms with Crippen molar-refractivity contribution < 1.29 is 18.7 Å². The number of benzene rings is 1. The molecule has 1 aliphatic rings. The largest absolute Gasteiger partial charge is 0.467 e. The quantitative estimate of drug-likeness (QED) is 0.522. The van der Waals surface area contributed by atoms with E-state index in [1.54, 1.807) is 30.7 Å². The maximum absolute atomic E-state index is 12.9. The number of amides is 1. The number of hydrogen-bond donors (Lipinski definition) is 0. The highest BCUT2D eigenvalue weighted by Crippen LogP contribution is 2.33. The summed E-state index contributed by atoms with van der Waals surface area (Å²) in [7, 11) is 0. The molecule has 0 saturated heterocycles. The van der Waals surface area contributed by atoms with Crippen molar-refractivity contribution in [1.29, 1.82) is 0 Å². The number of pyridine rings is 1. The van der Waals surface area contributed by atoms with Crippen LogP contribution in [0.25, 0.3) is 0 Å². The van der Waals surface area contributed by atoms with Gasteiger partial charge in [-0.3, -0.25) is 9.78 Å². The van der Waals surface area contributed by atoms with E-state index in [-0.39, 0.29) is 5.56 Å². The fourth-order valence-corrected chi connectivity index (χ4v) is 3.53. The van der Waals surface area contributed by atoms with Crippen LogP contribution >= 0.6 is 15.9 Å². The number of ether oxygens (including phenoxy) is 1. The van der Waals surface area contributed by atoms with E-state index in [1.807, 2.05) is 31.2 Å². The molecule has 0 bridgehead atoms. The van der Waals surface area contributed by atoms with Gasteiger partial charge in [0.2, 0.25) is 0 Å². The highest BCUT2D eigenvalue weighted by molar-refractivity contribution is 9.10. The van der Waals surface area contributed by atoms with Gasteiger partial charge in [-0.25, -0.2) is 9.80 Å². The lowest BCUT2D eigenvalue weighted by atomic mass is 10.0. The zero-order valence-corrected chi connectivity index (χ0v) is 17.7. The first kappa shape index (κ1) is 20.0. The summed E-state index contributed by atoms with van der Waals surface area (Å²) in [5.41, 5.74) is 3.10. The Morgan fingerprint density at radius 1 is 1.23 bits per heavy atom. The fourth-order valence-electron chi connectivity index (χ4n) is 3.16. The highest BCUT2D eigenvalue weighted by atomic mass is 79.9. The molecule has 0 N–H and O–H groups in total. The first-order valence-electron chi connectivity index (χ1n) is 9.29. The maximum Gasteiger partial charge on any atom is 0.340 e. The Morgan fingerprint density at radius 3 is 2.73 bits per heavy atom. The molecule has 1 amide bonds. The summed E-state index contributed by atoms with van der Waals surface area (Å²) >= 11 is 3.25. The second-order valence-electron chi connectivity index (χ2n) is 6.85. The summed E-state index contributed by atoms with van der Waals surface area (Å²) in [5.74, 6) is -0.444. The monoisotopic (exact) mass is 467 g/mol. The fraction of sp³-hybridized carbons (Fsp3) is 0.182. The third-order valence-corrected chi connectivity index (χ3v) is 5.12. The number of furan rings is 1. The Labute approximate surface area is 181 Å². The van der Waals surface area contributed by atoms with Gasteiger partial charge in [-0.1, -0.05) is 29.8 Å². The number of hydrogen-bond acceptors (Lipinski definition) is 6. The molecule has 1 atom stereocenters. The minimum absolute atomic E-state index is 0.255. The van der Waals surface area contributed by atoms with E-state index in [1.165, 1.54) is 11.2 Å². The van der Waals surface area contributed by atoms with Crippen LogP contribution in [0.4, 0.5) is 0 Å². The van der Waals surface area contributed by atoms with E-state index in [4.69, 9.17) is 9.15 Å². The second kappa shape index (κ2) is 8.62. The summed E-state index contributed by atoms with van der Waals surface area (Å²) < 4.78 is 11.4. The van der Waals surface area contributed by atoms with Crippen molar-refractivity contribution >= 4 is 33.5 Å². The Morgan fingerprint density at radius 2 is 2.03 bits per heavy atom. The molecule has 1 aromatic carbocycles. The molecule has 0 saturated carbocycles. The van der Waals surface area contributed by atoms with Gasteiger partial charge in [-0.2, -0.15) is 5.10 Å². The minimum atomic E-state index is -0.631. The molecule has 2 aromatic heterocycles. The lowest BCUT2D eigenvalue weighted by Crippen LogP contribution is -2.31. The molecule has 4 rings (SSSR count). The molecule has 0 aliphatic carbocycles. The van der Waals surface area contributed by atoms with E-state index in [0.717, 1.165) is 16.8 Å². The number of nitrogens with zero attached hydrogens (tertiary/aromatic N) is 3. The molecule has 1 unspecified atom stereocenters. The van der Waals surface area contributed by atoms with E-state index in [0.29, 0.717) is 16.7 Å². The standard InChI is InChI=1S/C22H18BrN3O4/c1-14-4-6-15(7-5-14)18-10-19(20-3-2-8-29-20)26(25-18)21(27)13-30-22(28)16-9-17(23)12-24-11-16/h2-9,11-12,19H,10,13H2,1H3. The molecule has 0 radical (unpaired) electrons. The van der Waals surface area contributed by atoms with Gasteiger partial charge in [-0.15, -0.1) is 0 Å². The van der Waals surface area contributed by atoms with Gasteiger partial charge < -0.3 is 9.15 Å². The van der Waals surface area contributed by atoms with Crippen molar-refractivity contribution in [3.05, 3.63) is 88.0 Å². The van der Waals surface area contributed by atoms with Crippen LogP contribution in [0.2, 0.25) is 0 Å². The summed E-state index contributed by atoms with van der Waals surface area (Å²) in [5, 5.41) is 5.85. The maximum atomic E-state index is 12.9. The lowest BCUT2D eigenvalue weighted by molar-refractivity contribution is -0.136. The van der Waals surface area contributed by atoms with Crippen LogP contribution < -0.4 is 0 Å². The topological polar surface area (TPSA) is 85.0 Å². The zero-order chi connectivity index (χ0) is 21.1. The van der Waals surface area contributed by atoms with Crippen molar-refractivity contribution in [3.63, 3.8) is 0 Å². The molecule has 7 nitrogen and oxygen atoms in total. The Hall–Kier alpha value is -3.26. The molecule has 0 fully saturated rings. The van der Waals surface area contributed by atoms with E-state index < -0.39 is 24.5 Å². The Bertz CT molecular complexity index is 1090. The van der Waals surface area contributed by atoms with Gasteiger partial charge in [0.05, 0.1) is 17.5 Å². The van der Waals surface area contributed by atoms with Crippen molar-refractivity contribution in [2.24, 2.45) is 5.10 Å². The number of esters is 1. The van der Waals surface area contributed by atoms with Crippen molar-refractivity contribution in [2.45, 2.75) is 19.4 Å². The summed E-state index contributed by atoms with van der Waals surface area (Å²) in [4.78, 5) is 29.0. The molecule has 8 heteroatoms. The van der Waals surface area contributed by atoms with Crippen molar-refractivity contribution in [1.82, 2.24) is 9.99 Å². The smallest absolute Gasteiger partial charge is 0.340 e.